The second-order valence-corrected chi connectivity index (χ2v) is 6.49. The molecule has 2 N–H and O–H groups in total. The Bertz CT molecular complexity index is 890. The van der Waals surface area contributed by atoms with Crippen LogP contribution in [0, 0.1) is 0 Å². The van der Waals surface area contributed by atoms with E-state index in [-0.39, 0.29) is 11.9 Å². The molecule has 6 heteroatoms. The van der Waals surface area contributed by atoms with Crippen LogP contribution in [0.15, 0.2) is 60.8 Å². The summed E-state index contributed by atoms with van der Waals surface area (Å²) in [6, 6.07) is 17.6. The van der Waals surface area contributed by atoms with Gasteiger partial charge in [0.05, 0.1) is 30.6 Å². The minimum Gasteiger partial charge on any atom is -0.497 e. The van der Waals surface area contributed by atoms with E-state index in [4.69, 9.17) is 4.74 Å². The molecule has 1 amide bonds. The van der Waals surface area contributed by atoms with Crippen molar-refractivity contribution in [3.8, 4) is 17.0 Å². The van der Waals surface area contributed by atoms with Crippen LogP contribution in [-0.4, -0.2) is 48.8 Å². The van der Waals surface area contributed by atoms with Crippen molar-refractivity contribution in [2.75, 3.05) is 27.7 Å². The molecular weight excluding hydrogens is 340 g/mol. The number of aromatic amines is 1. The van der Waals surface area contributed by atoms with Crippen LogP contribution >= 0.6 is 0 Å². The van der Waals surface area contributed by atoms with Crippen LogP contribution < -0.4 is 10.1 Å². The first kappa shape index (κ1) is 18.7. The maximum atomic E-state index is 12.8. The molecule has 1 unspecified atom stereocenters. The Kier molecular flexibility index (Phi) is 5.88. The number of nitrogens with zero attached hydrogens (tertiary/aromatic N) is 2. The molecule has 140 valence electrons. The van der Waals surface area contributed by atoms with Gasteiger partial charge in [0.2, 0.25) is 0 Å². The van der Waals surface area contributed by atoms with Crippen LogP contribution in [0.5, 0.6) is 5.75 Å². The zero-order valence-corrected chi connectivity index (χ0v) is 15.8. The molecule has 0 saturated carbocycles. The summed E-state index contributed by atoms with van der Waals surface area (Å²) in [6.45, 7) is 0.471. The number of rotatable bonds is 7. The number of amides is 1. The molecule has 1 heterocycles. The topological polar surface area (TPSA) is 70.2 Å². The van der Waals surface area contributed by atoms with E-state index in [1.807, 2.05) is 68.7 Å². The van der Waals surface area contributed by atoms with E-state index in [9.17, 15) is 4.79 Å². The third kappa shape index (κ3) is 4.35. The van der Waals surface area contributed by atoms with Gasteiger partial charge in [0.15, 0.2) is 0 Å². The van der Waals surface area contributed by atoms with Crippen LogP contribution in [0.1, 0.15) is 22.0 Å². The molecule has 0 bridgehead atoms. The van der Waals surface area contributed by atoms with E-state index < -0.39 is 0 Å². The van der Waals surface area contributed by atoms with E-state index in [1.54, 1.807) is 13.3 Å². The summed E-state index contributed by atoms with van der Waals surface area (Å²) >= 11 is 0. The van der Waals surface area contributed by atoms with Crippen LogP contribution in [0.3, 0.4) is 0 Å². The Morgan fingerprint density at radius 2 is 1.96 bits per heavy atom. The summed E-state index contributed by atoms with van der Waals surface area (Å²) in [5.41, 5.74) is 3.26. The molecule has 1 atom stereocenters. The Morgan fingerprint density at radius 3 is 2.67 bits per heavy atom. The van der Waals surface area contributed by atoms with Gasteiger partial charge in [0.1, 0.15) is 5.75 Å². The van der Waals surface area contributed by atoms with Crippen molar-refractivity contribution < 1.29 is 9.53 Å². The minimum absolute atomic E-state index is 0.0242. The van der Waals surface area contributed by atoms with E-state index >= 15 is 0 Å². The lowest BCUT2D eigenvalue weighted by molar-refractivity contribution is 0.0942. The number of methoxy groups -OCH3 is 1. The summed E-state index contributed by atoms with van der Waals surface area (Å²) in [5.74, 6) is 0.643. The number of carbonyl (C=O) groups excluding carboxylic acids is 1. The van der Waals surface area contributed by atoms with Gasteiger partial charge in [-0.1, -0.05) is 42.5 Å². The van der Waals surface area contributed by atoms with Crippen molar-refractivity contribution in [3.63, 3.8) is 0 Å². The lowest BCUT2D eigenvalue weighted by Crippen LogP contribution is -2.34. The number of carbonyl (C=O) groups is 1. The Balaban J connectivity index is 1.75. The molecule has 1 aromatic heterocycles. The third-order valence-corrected chi connectivity index (χ3v) is 4.50. The Labute approximate surface area is 159 Å². The molecule has 6 nitrogen and oxygen atoms in total. The molecule has 3 aromatic rings. The van der Waals surface area contributed by atoms with Crippen molar-refractivity contribution in [3.05, 3.63) is 71.9 Å². The fraction of sp³-hybridized carbons (Fsp3) is 0.238. The lowest BCUT2D eigenvalue weighted by Gasteiger charge is -2.25. The van der Waals surface area contributed by atoms with Gasteiger partial charge in [0, 0.05) is 12.1 Å². The number of benzene rings is 2. The highest BCUT2D eigenvalue weighted by molar-refractivity contribution is 5.99. The zero-order valence-electron chi connectivity index (χ0n) is 15.8. The minimum atomic E-state index is -0.155. The highest BCUT2D eigenvalue weighted by atomic mass is 16.5. The number of hydrogen-bond donors (Lipinski definition) is 2. The fourth-order valence-corrected chi connectivity index (χ4v) is 3.02. The lowest BCUT2D eigenvalue weighted by atomic mass is 10.0. The molecule has 0 fully saturated rings. The smallest absolute Gasteiger partial charge is 0.255 e. The van der Waals surface area contributed by atoms with Crippen LogP contribution in [-0.2, 0) is 0 Å². The molecule has 0 saturated heterocycles. The molecule has 0 spiro atoms. The van der Waals surface area contributed by atoms with E-state index in [0.717, 1.165) is 22.6 Å². The molecule has 2 aromatic carbocycles. The van der Waals surface area contributed by atoms with Crippen molar-refractivity contribution in [1.82, 2.24) is 20.4 Å². The first-order valence-corrected chi connectivity index (χ1v) is 8.77. The zero-order chi connectivity index (χ0) is 19.2. The van der Waals surface area contributed by atoms with Gasteiger partial charge in [-0.3, -0.25) is 9.89 Å². The van der Waals surface area contributed by atoms with Gasteiger partial charge in [-0.25, -0.2) is 0 Å². The fourth-order valence-electron chi connectivity index (χ4n) is 3.02. The van der Waals surface area contributed by atoms with Crippen molar-refractivity contribution in [1.29, 1.82) is 0 Å². The van der Waals surface area contributed by atoms with Gasteiger partial charge in [-0.15, -0.1) is 0 Å². The average Bonchev–Trinajstić information content (AvgIpc) is 3.18. The Morgan fingerprint density at radius 1 is 1.19 bits per heavy atom. The summed E-state index contributed by atoms with van der Waals surface area (Å²) < 4.78 is 5.32. The summed E-state index contributed by atoms with van der Waals surface area (Å²) in [7, 11) is 5.63. The summed E-state index contributed by atoms with van der Waals surface area (Å²) in [4.78, 5) is 14.8. The number of H-pyrrole nitrogens is 1. The highest BCUT2D eigenvalue weighted by Gasteiger charge is 2.19. The monoisotopic (exact) mass is 364 g/mol. The third-order valence-electron chi connectivity index (χ3n) is 4.50. The standard InChI is InChI=1S/C21H24N4O2/c1-25(2)19(16-10-7-11-17(12-16)27-3)14-22-21(26)18-13-23-24-20(18)15-8-5-4-6-9-15/h4-13,19H,14H2,1-3H3,(H,22,26)(H,23,24). The number of ether oxygens (including phenoxy) is 1. The van der Waals surface area contributed by atoms with E-state index in [0.29, 0.717) is 12.1 Å². The van der Waals surface area contributed by atoms with Crippen molar-refractivity contribution in [2.24, 2.45) is 0 Å². The first-order valence-electron chi connectivity index (χ1n) is 8.77. The van der Waals surface area contributed by atoms with E-state index in [2.05, 4.69) is 20.4 Å². The molecule has 0 aliphatic rings. The number of aromatic nitrogens is 2. The van der Waals surface area contributed by atoms with Gasteiger partial charge >= 0.3 is 0 Å². The number of hydrogen-bond acceptors (Lipinski definition) is 4. The quantitative estimate of drug-likeness (QED) is 0.676. The maximum absolute atomic E-state index is 12.8. The SMILES string of the molecule is COc1cccc(C(CNC(=O)c2cn[nH]c2-c2ccccc2)N(C)C)c1. The van der Waals surface area contributed by atoms with Crippen molar-refractivity contribution in [2.45, 2.75) is 6.04 Å². The van der Waals surface area contributed by atoms with Gasteiger partial charge in [-0.2, -0.15) is 5.10 Å². The Hall–Kier alpha value is -3.12. The predicted octanol–water partition coefficient (Wildman–Crippen LogP) is 3.12. The van der Waals surface area contributed by atoms with Crippen LogP contribution in [0.25, 0.3) is 11.3 Å². The largest absolute Gasteiger partial charge is 0.497 e. The molecular formula is C21H24N4O2. The predicted molar refractivity (Wildman–Crippen MR) is 106 cm³/mol. The molecule has 3 rings (SSSR count). The van der Waals surface area contributed by atoms with Crippen LogP contribution in [0.4, 0.5) is 0 Å². The second kappa shape index (κ2) is 8.51. The number of likely N-dealkylation sites (N-methyl/N-ethyl adjacent to an activating group) is 1. The first-order chi connectivity index (χ1) is 13.1. The summed E-state index contributed by atoms with van der Waals surface area (Å²) in [5, 5.41) is 10.0. The molecule has 0 aliphatic heterocycles. The van der Waals surface area contributed by atoms with Crippen molar-refractivity contribution >= 4 is 5.91 Å². The second-order valence-electron chi connectivity index (χ2n) is 6.49. The maximum Gasteiger partial charge on any atom is 0.255 e. The van der Waals surface area contributed by atoms with Gasteiger partial charge < -0.3 is 15.0 Å². The highest BCUT2D eigenvalue weighted by Crippen LogP contribution is 2.23. The van der Waals surface area contributed by atoms with Gasteiger partial charge in [0.25, 0.3) is 5.91 Å². The summed E-state index contributed by atoms with van der Waals surface area (Å²) in [6.07, 6.45) is 1.56. The van der Waals surface area contributed by atoms with Crippen LogP contribution in [0.2, 0.25) is 0 Å². The molecule has 27 heavy (non-hydrogen) atoms. The normalized spacial score (nSPS) is 12.0. The molecule has 0 radical (unpaired) electrons. The average molecular weight is 364 g/mol. The molecule has 0 aliphatic carbocycles. The van der Waals surface area contributed by atoms with Gasteiger partial charge in [-0.05, 0) is 31.8 Å². The van der Waals surface area contributed by atoms with E-state index in [1.165, 1.54) is 0 Å². The number of nitrogens with one attached hydrogen (secondary N) is 2.